The van der Waals surface area contributed by atoms with Gasteiger partial charge in [-0.25, -0.2) is 0 Å². The molecular formula is C11H14BrNO. The van der Waals surface area contributed by atoms with E-state index in [1.807, 2.05) is 24.3 Å². The quantitative estimate of drug-likeness (QED) is 0.827. The first-order chi connectivity index (χ1) is 6.63. The highest BCUT2D eigenvalue weighted by Crippen LogP contribution is 2.12. The number of hydrogen-bond acceptors (Lipinski definition) is 1. The van der Waals surface area contributed by atoms with Crippen molar-refractivity contribution in [2.24, 2.45) is 0 Å². The van der Waals surface area contributed by atoms with Crippen LogP contribution in [0.4, 0.5) is 5.69 Å². The molecule has 0 bridgehead atoms. The number of alkyl halides is 1. The number of hydrogen-bond donors (Lipinski definition) is 1. The molecule has 1 atom stereocenters. The smallest absolute Gasteiger partial charge is 0.237 e. The summed E-state index contributed by atoms with van der Waals surface area (Å²) in [6, 6.07) is 7.89. The van der Waals surface area contributed by atoms with Gasteiger partial charge in [0.05, 0.1) is 4.83 Å². The molecule has 1 aromatic carbocycles. The largest absolute Gasteiger partial charge is 0.325 e. The molecule has 0 aliphatic rings. The van der Waals surface area contributed by atoms with Crippen LogP contribution >= 0.6 is 15.9 Å². The fourth-order valence-corrected chi connectivity index (χ4v) is 1.23. The number of carbonyl (C=O) groups excluding carboxylic acids is 1. The maximum Gasteiger partial charge on any atom is 0.237 e. The Kier molecular flexibility index (Phi) is 4.14. The minimum Gasteiger partial charge on any atom is -0.325 e. The topological polar surface area (TPSA) is 29.1 Å². The minimum atomic E-state index is -0.159. The van der Waals surface area contributed by atoms with Crippen molar-refractivity contribution >= 4 is 27.5 Å². The van der Waals surface area contributed by atoms with Crippen molar-refractivity contribution in [3.63, 3.8) is 0 Å². The number of rotatable bonds is 3. The lowest BCUT2D eigenvalue weighted by Crippen LogP contribution is -2.19. The molecule has 0 saturated carbocycles. The number of benzene rings is 1. The van der Waals surface area contributed by atoms with Gasteiger partial charge in [0.25, 0.3) is 0 Å². The van der Waals surface area contributed by atoms with Gasteiger partial charge in [-0.1, -0.05) is 35.0 Å². The summed E-state index contributed by atoms with van der Waals surface area (Å²) in [5, 5.41) is 2.83. The molecule has 1 rings (SSSR count). The van der Waals surface area contributed by atoms with Gasteiger partial charge < -0.3 is 5.32 Å². The van der Waals surface area contributed by atoms with E-state index >= 15 is 0 Å². The van der Waals surface area contributed by atoms with Crippen molar-refractivity contribution < 1.29 is 4.79 Å². The van der Waals surface area contributed by atoms with E-state index in [1.54, 1.807) is 6.92 Å². The Hall–Kier alpha value is -0.830. The van der Waals surface area contributed by atoms with Crippen molar-refractivity contribution in [3.8, 4) is 0 Å². The van der Waals surface area contributed by atoms with Crippen LogP contribution in [0, 0.1) is 0 Å². The Labute approximate surface area is 92.8 Å². The van der Waals surface area contributed by atoms with Gasteiger partial charge in [-0.2, -0.15) is 0 Å². The number of aryl methyl sites for hydroxylation is 1. The highest BCUT2D eigenvalue weighted by molar-refractivity contribution is 9.10. The number of nitrogens with one attached hydrogen (secondary N) is 1. The van der Waals surface area contributed by atoms with E-state index in [0.717, 1.165) is 12.1 Å². The number of amides is 1. The molecular weight excluding hydrogens is 242 g/mol. The molecule has 0 spiro atoms. The molecule has 3 heteroatoms. The second kappa shape index (κ2) is 5.15. The summed E-state index contributed by atoms with van der Waals surface area (Å²) >= 11 is 3.22. The molecule has 0 fully saturated rings. The summed E-state index contributed by atoms with van der Waals surface area (Å²) in [4.78, 5) is 11.2. The first-order valence-electron chi connectivity index (χ1n) is 4.67. The van der Waals surface area contributed by atoms with Gasteiger partial charge in [0.15, 0.2) is 0 Å². The molecule has 1 N–H and O–H groups in total. The molecule has 14 heavy (non-hydrogen) atoms. The Morgan fingerprint density at radius 1 is 1.57 bits per heavy atom. The van der Waals surface area contributed by atoms with Gasteiger partial charge in [0.2, 0.25) is 5.91 Å². The highest BCUT2D eigenvalue weighted by atomic mass is 79.9. The average molecular weight is 256 g/mol. The van der Waals surface area contributed by atoms with Crippen LogP contribution in [0.5, 0.6) is 0 Å². The molecule has 0 aliphatic heterocycles. The van der Waals surface area contributed by atoms with Crippen molar-refractivity contribution in [2.75, 3.05) is 5.32 Å². The van der Waals surface area contributed by atoms with Crippen LogP contribution in [0.1, 0.15) is 19.4 Å². The average Bonchev–Trinajstić information content (AvgIpc) is 2.18. The van der Waals surface area contributed by atoms with E-state index in [-0.39, 0.29) is 10.7 Å². The summed E-state index contributed by atoms with van der Waals surface area (Å²) in [6.45, 7) is 3.90. The summed E-state index contributed by atoms with van der Waals surface area (Å²) in [6.07, 6.45) is 0.980. The second-order valence-corrected chi connectivity index (χ2v) is 4.53. The molecule has 0 aliphatic carbocycles. The van der Waals surface area contributed by atoms with Gasteiger partial charge in [0, 0.05) is 5.69 Å². The number of anilines is 1. The lowest BCUT2D eigenvalue weighted by Gasteiger charge is -2.07. The van der Waals surface area contributed by atoms with Gasteiger partial charge in [-0.05, 0) is 31.0 Å². The zero-order valence-electron chi connectivity index (χ0n) is 8.38. The van der Waals surface area contributed by atoms with Gasteiger partial charge >= 0.3 is 0 Å². The summed E-state index contributed by atoms with van der Waals surface area (Å²) in [5.74, 6) is -0.0155. The lowest BCUT2D eigenvalue weighted by atomic mass is 10.1. The number of carbonyl (C=O) groups is 1. The van der Waals surface area contributed by atoms with Crippen LogP contribution in [0.15, 0.2) is 24.3 Å². The van der Waals surface area contributed by atoms with E-state index < -0.39 is 0 Å². The molecule has 0 radical (unpaired) electrons. The van der Waals surface area contributed by atoms with E-state index in [2.05, 4.69) is 28.2 Å². The zero-order valence-corrected chi connectivity index (χ0v) is 9.97. The maximum atomic E-state index is 11.4. The van der Waals surface area contributed by atoms with Crippen LogP contribution < -0.4 is 5.32 Å². The monoisotopic (exact) mass is 255 g/mol. The first kappa shape index (κ1) is 11.2. The molecule has 0 aromatic heterocycles. The molecule has 0 heterocycles. The van der Waals surface area contributed by atoms with Crippen molar-refractivity contribution in [1.82, 2.24) is 0 Å². The minimum absolute atomic E-state index is 0.0155. The molecule has 1 aromatic rings. The molecule has 76 valence electrons. The van der Waals surface area contributed by atoms with Crippen LogP contribution in [-0.4, -0.2) is 10.7 Å². The van der Waals surface area contributed by atoms with Crippen LogP contribution in [-0.2, 0) is 11.2 Å². The van der Waals surface area contributed by atoms with Crippen molar-refractivity contribution in [3.05, 3.63) is 29.8 Å². The molecule has 0 unspecified atom stereocenters. The van der Waals surface area contributed by atoms with Crippen molar-refractivity contribution in [2.45, 2.75) is 25.1 Å². The van der Waals surface area contributed by atoms with Crippen LogP contribution in [0.2, 0.25) is 0 Å². The normalized spacial score (nSPS) is 12.2. The summed E-state index contributed by atoms with van der Waals surface area (Å²) in [5.41, 5.74) is 2.09. The van der Waals surface area contributed by atoms with Gasteiger partial charge in [-0.15, -0.1) is 0 Å². The highest BCUT2D eigenvalue weighted by Gasteiger charge is 2.08. The fraction of sp³-hybridized carbons (Fsp3) is 0.364. The summed E-state index contributed by atoms with van der Waals surface area (Å²) in [7, 11) is 0. The fourth-order valence-electron chi connectivity index (χ4n) is 1.11. The van der Waals surface area contributed by atoms with E-state index in [1.165, 1.54) is 5.56 Å². The standard InChI is InChI=1S/C11H14BrNO/c1-3-9-5-4-6-10(7-9)13-11(14)8(2)12/h4-8H,3H2,1-2H3,(H,13,14)/t8-/m0/s1. The van der Waals surface area contributed by atoms with E-state index in [9.17, 15) is 4.79 Å². The Morgan fingerprint density at radius 2 is 2.29 bits per heavy atom. The van der Waals surface area contributed by atoms with Crippen LogP contribution in [0.3, 0.4) is 0 Å². The molecule has 1 amide bonds. The third-order valence-electron chi connectivity index (χ3n) is 1.96. The molecule has 0 saturated heterocycles. The third-order valence-corrected chi connectivity index (χ3v) is 2.38. The van der Waals surface area contributed by atoms with Crippen molar-refractivity contribution in [1.29, 1.82) is 0 Å². The lowest BCUT2D eigenvalue weighted by molar-refractivity contribution is -0.115. The predicted molar refractivity (Wildman–Crippen MR) is 62.8 cm³/mol. The summed E-state index contributed by atoms with van der Waals surface area (Å²) < 4.78 is 0. The predicted octanol–water partition coefficient (Wildman–Crippen LogP) is 2.97. The molecule has 2 nitrogen and oxygen atoms in total. The third kappa shape index (κ3) is 3.14. The SMILES string of the molecule is CCc1cccc(NC(=O)[C@H](C)Br)c1. The van der Waals surface area contributed by atoms with Crippen LogP contribution in [0.25, 0.3) is 0 Å². The van der Waals surface area contributed by atoms with E-state index in [4.69, 9.17) is 0 Å². The van der Waals surface area contributed by atoms with E-state index in [0.29, 0.717) is 0 Å². The Balaban J connectivity index is 2.72. The zero-order chi connectivity index (χ0) is 10.6. The maximum absolute atomic E-state index is 11.4. The Bertz CT molecular complexity index is 323. The van der Waals surface area contributed by atoms with Gasteiger partial charge in [-0.3, -0.25) is 4.79 Å². The Morgan fingerprint density at radius 3 is 2.86 bits per heavy atom. The first-order valence-corrected chi connectivity index (χ1v) is 5.59. The number of halogens is 1. The van der Waals surface area contributed by atoms with Gasteiger partial charge in [0.1, 0.15) is 0 Å². The second-order valence-electron chi connectivity index (χ2n) is 3.16.